The summed E-state index contributed by atoms with van der Waals surface area (Å²) in [7, 11) is -3.65. The van der Waals surface area contributed by atoms with E-state index in [0.29, 0.717) is 25.2 Å². The van der Waals surface area contributed by atoms with Crippen LogP contribution in [0.5, 0.6) is 5.75 Å². The molecule has 6 heteroatoms. The molecule has 5 nitrogen and oxygen atoms in total. The topological polar surface area (TPSA) is 68.3 Å². The first kappa shape index (κ1) is 15.0. The second-order valence-electron chi connectivity index (χ2n) is 5.25. The highest BCUT2D eigenvalue weighted by Gasteiger charge is 2.28. The quantitative estimate of drug-likeness (QED) is 0.914. The van der Waals surface area contributed by atoms with E-state index in [1.54, 1.807) is 6.07 Å². The van der Waals surface area contributed by atoms with E-state index >= 15 is 0 Å². The van der Waals surface area contributed by atoms with E-state index < -0.39 is 10.0 Å². The van der Waals surface area contributed by atoms with Crippen molar-refractivity contribution in [1.29, 1.82) is 0 Å². The van der Waals surface area contributed by atoms with Gasteiger partial charge < -0.3 is 4.74 Å². The van der Waals surface area contributed by atoms with Gasteiger partial charge >= 0.3 is 0 Å². The molecule has 0 saturated carbocycles. The number of ether oxygens (including phenoxy) is 1. The zero-order valence-electron chi connectivity index (χ0n) is 12.3. The number of aromatic nitrogens is 1. The number of benzene rings is 1. The first-order valence-corrected chi connectivity index (χ1v) is 8.74. The summed E-state index contributed by atoms with van der Waals surface area (Å²) in [5, 5.41) is 0. The summed E-state index contributed by atoms with van der Waals surface area (Å²) in [5.74, 6) is 0.334. The van der Waals surface area contributed by atoms with E-state index in [1.165, 1.54) is 23.5 Å². The van der Waals surface area contributed by atoms with Crippen molar-refractivity contribution in [3.05, 3.63) is 53.9 Å². The number of nitrogens with one attached hydrogen (secondary N) is 1. The highest BCUT2D eigenvalue weighted by molar-refractivity contribution is 7.89. The van der Waals surface area contributed by atoms with Crippen LogP contribution in [0.25, 0.3) is 0 Å². The van der Waals surface area contributed by atoms with Crippen LogP contribution in [0, 0.1) is 0 Å². The van der Waals surface area contributed by atoms with Crippen molar-refractivity contribution in [2.45, 2.75) is 30.7 Å². The highest BCUT2D eigenvalue weighted by Crippen LogP contribution is 2.26. The third kappa shape index (κ3) is 2.98. The number of sulfonamides is 1. The van der Waals surface area contributed by atoms with E-state index in [0.717, 1.165) is 0 Å². The number of nitrogens with zero attached hydrogens (tertiary/aromatic N) is 1. The van der Waals surface area contributed by atoms with Crippen LogP contribution >= 0.6 is 0 Å². The minimum Gasteiger partial charge on any atom is -0.492 e. The molecule has 116 valence electrons. The smallest absolute Gasteiger partial charge is 0.246 e. The fourth-order valence-electron chi connectivity index (χ4n) is 2.77. The summed E-state index contributed by atoms with van der Waals surface area (Å²) in [6.07, 6.45) is 4.27. The van der Waals surface area contributed by atoms with Crippen LogP contribution in [0.15, 0.2) is 47.6 Å². The molecule has 0 aliphatic heterocycles. The van der Waals surface area contributed by atoms with Gasteiger partial charge in [-0.2, -0.15) is 0 Å². The molecule has 1 heterocycles. The Morgan fingerprint density at radius 2 is 1.91 bits per heavy atom. The molecule has 0 saturated heterocycles. The van der Waals surface area contributed by atoms with Gasteiger partial charge in [0.15, 0.2) is 0 Å². The second kappa shape index (κ2) is 6.06. The van der Waals surface area contributed by atoms with Gasteiger partial charge in [0.1, 0.15) is 10.6 Å². The van der Waals surface area contributed by atoms with Gasteiger partial charge in [-0.25, -0.2) is 13.1 Å². The molecule has 0 amide bonds. The van der Waals surface area contributed by atoms with Crippen molar-refractivity contribution in [2.24, 2.45) is 0 Å². The average molecular weight is 318 g/mol. The predicted octanol–water partition coefficient (Wildman–Crippen LogP) is 1.93. The highest BCUT2D eigenvalue weighted by atomic mass is 32.2. The van der Waals surface area contributed by atoms with Gasteiger partial charge in [-0.05, 0) is 37.0 Å². The number of rotatable bonds is 5. The molecule has 0 radical (unpaired) electrons. The Kier molecular flexibility index (Phi) is 4.13. The summed E-state index contributed by atoms with van der Waals surface area (Å²) in [4.78, 5) is 4.00. The summed E-state index contributed by atoms with van der Waals surface area (Å²) in [6.45, 7) is 2.22. The van der Waals surface area contributed by atoms with Crippen molar-refractivity contribution >= 4 is 10.0 Å². The van der Waals surface area contributed by atoms with Gasteiger partial charge in [0.25, 0.3) is 0 Å². The normalized spacial score (nSPS) is 14.8. The average Bonchev–Trinajstić information content (AvgIpc) is 2.89. The van der Waals surface area contributed by atoms with Gasteiger partial charge in [0, 0.05) is 12.2 Å². The van der Waals surface area contributed by atoms with Crippen molar-refractivity contribution in [3.8, 4) is 5.75 Å². The molecular formula is C16H18N2O3S. The van der Waals surface area contributed by atoms with Gasteiger partial charge in [0.2, 0.25) is 10.0 Å². The maximum Gasteiger partial charge on any atom is 0.246 e. The lowest BCUT2D eigenvalue weighted by atomic mass is 10.1. The van der Waals surface area contributed by atoms with Gasteiger partial charge in [0.05, 0.1) is 12.8 Å². The Balaban J connectivity index is 1.81. The molecule has 22 heavy (non-hydrogen) atoms. The Bertz CT molecular complexity index is 749. The third-order valence-electron chi connectivity index (χ3n) is 3.71. The zero-order valence-corrected chi connectivity index (χ0v) is 13.1. The predicted molar refractivity (Wildman–Crippen MR) is 83.4 cm³/mol. The van der Waals surface area contributed by atoms with Gasteiger partial charge in [-0.1, -0.05) is 24.3 Å². The molecule has 1 aromatic carbocycles. The maximum absolute atomic E-state index is 12.6. The summed E-state index contributed by atoms with van der Waals surface area (Å²) in [6, 6.07) is 9.48. The summed E-state index contributed by atoms with van der Waals surface area (Å²) >= 11 is 0. The summed E-state index contributed by atoms with van der Waals surface area (Å²) in [5.41, 5.74) is 2.40. The Morgan fingerprint density at radius 3 is 2.55 bits per heavy atom. The van der Waals surface area contributed by atoms with Crippen LogP contribution in [-0.2, 0) is 22.9 Å². The van der Waals surface area contributed by atoms with Gasteiger partial charge in [-0.3, -0.25) is 4.98 Å². The lowest BCUT2D eigenvalue weighted by molar-refractivity contribution is 0.330. The molecule has 0 bridgehead atoms. The Labute approximate surface area is 130 Å². The minimum atomic E-state index is -3.65. The van der Waals surface area contributed by atoms with E-state index in [1.807, 2.05) is 31.2 Å². The van der Waals surface area contributed by atoms with Crippen molar-refractivity contribution < 1.29 is 13.2 Å². The lowest BCUT2D eigenvalue weighted by Crippen LogP contribution is -2.35. The number of hydrogen-bond donors (Lipinski definition) is 1. The fourth-order valence-corrected chi connectivity index (χ4v) is 4.09. The van der Waals surface area contributed by atoms with E-state index in [4.69, 9.17) is 4.74 Å². The molecule has 3 rings (SSSR count). The number of hydrogen-bond acceptors (Lipinski definition) is 4. The van der Waals surface area contributed by atoms with E-state index in [-0.39, 0.29) is 10.9 Å². The fraction of sp³-hybridized carbons (Fsp3) is 0.312. The molecule has 0 atom stereocenters. The van der Waals surface area contributed by atoms with Crippen LogP contribution in [0.3, 0.4) is 0 Å². The summed E-state index contributed by atoms with van der Waals surface area (Å²) < 4.78 is 33.4. The molecule has 0 spiro atoms. The lowest BCUT2D eigenvalue weighted by Gasteiger charge is -2.15. The third-order valence-corrected chi connectivity index (χ3v) is 5.24. The second-order valence-corrected chi connectivity index (χ2v) is 6.93. The van der Waals surface area contributed by atoms with Crippen LogP contribution in [0.2, 0.25) is 0 Å². The molecule has 2 aromatic rings. The van der Waals surface area contributed by atoms with Crippen molar-refractivity contribution in [1.82, 2.24) is 9.71 Å². The number of pyridine rings is 1. The maximum atomic E-state index is 12.6. The zero-order chi connectivity index (χ0) is 15.6. The first-order valence-electron chi connectivity index (χ1n) is 7.26. The molecule has 1 aromatic heterocycles. The molecule has 0 fully saturated rings. The Hall–Kier alpha value is -1.92. The minimum absolute atomic E-state index is 0.0906. The molecule has 0 unspecified atom stereocenters. The van der Waals surface area contributed by atoms with Crippen LogP contribution < -0.4 is 9.46 Å². The SMILES string of the molecule is CCOc1ccncc1S(=O)(=O)NC1Cc2ccccc2C1. The molecule has 1 N–H and O–H groups in total. The molecule has 1 aliphatic carbocycles. The van der Waals surface area contributed by atoms with Crippen LogP contribution in [0.4, 0.5) is 0 Å². The molecular weight excluding hydrogens is 300 g/mol. The van der Waals surface area contributed by atoms with E-state index in [2.05, 4.69) is 9.71 Å². The van der Waals surface area contributed by atoms with Crippen molar-refractivity contribution in [3.63, 3.8) is 0 Å². The van der Waals surface area contributed by atoms with Crippen LogP contribution in [-0.4, -0.2) is 26.1 Å². The van der Waals surface area contributed by atoms with Gasteiger partial charge in [-0.15, -0.1) is 0 Å². The van der Waals surface area contributed by atoms with Crippen molar-refractivity contribution in [2.75, 3.05) is 6.61 Å². The molecule has 1 aliphatic rings. The standard InChI is InChI=1S/C16H18N2O3S/c1-2-21-15-7-8-17-11-16(15)22(19,20)18-14-9-12-5-3-4-6-13(12)10-14/h3-8,11,14,18H,2,9-10H2,1H3. The largest absolute Gasteiger partial charge is 0.492 e. The first-order chi connectivity index (χ1) is 10.6. The number of fused-ring (bicyclic) bond motifs is 1. The Morgan fingerprint density at radius 1 is 1.23 bits per heavy atom. The van der Waals surface area contributed by atoms with E-state index in [9.17, 15) is 8.42 Å². The monoisotopic (exact) mass is 318 g/mol. The van der Waals surface area contributed by atoms with Crippen LogP contribution in [0.1, 0.15) is 18.1 Å².